The molecule has 3 rings (SSSR count). The van der Waals surface area contributed by atoms with Crippen LogP contribution in [0, 0.1) is 6.92 Å². The average molecular weight is 278 g/mol. The lowest BCUT2D eigenvalue weighted by Gasteiger charge is -2.10. The summed E-state index contributed by atoms with van der Waals surface area (Å²) in [4.78, 5) is 7.62. The van der Waals surface area contributed by atoms with Gasteiger partial charge in [0.1, 0.15) is 0 Å². The van der Waals surface area contributed by atoms with E-state index in [-0.39, 0.29) is 0 Å². The van der Waals surface area contributed by atoms with Gasteiger partial charge >= 0.3 is 0 Å². The van der Waals surface area contributed by atoms with Crippen LogP contribution in [0.2, 0.25) is 0 Å². The topological polar surface area (TPSA) is 24.9 Å². The summed E-state index contributed by atoms with van der Waals surface area (Å²) in [5.74, 6) is 0. The Hall–Kier alpha value is -0.710. The third-order valence-corrected chi connectivity index (χ3v) is 5.49. The number of aryl methyl sites for hydroxylation is 3. The molecule has 0 saturated heterocycles. The van der Waals surface area contributed by atoms with Crippen LogP contribution < -0.4 is 5.32 Å². The molecule has 2 aromatic heterocycles. The van der Waals surface area contributed by atoms with Crippen LogP contribution >= 0.6 is 22.7 Å². The summed E-state index contributed by atoms with van der Waals surface area (Å²) >= 11 is 3.71. The van der Waals surface area contributed by atoms with Crippen LogP contribution in [-0.4, -0.2) is 4.98 Å². The molecule has 1 unspecified atom stereocenters. The van der Waals surface area contributed by atoms with Gasteiger partial charge in [0.25, 0.3) is 0 Å². The van der Waals surface area contributed by atoms with E-state index in [1.165, 1.54) is 29.8 Å². The lowest BCUT2D eigenvalue weighted by atomic mass is 10.2. The molecular weight excluding hydrogens is 260 g/mol. The van der Waals surface area contributed by atoms with Crippen molar-refractivity contribution in [2.45, 2.75) is 45.7 Å². The molecule has 1 aliphatic carbocycles. The lowest BCUT2D eigenvalue weighted by Crippen LogP contribution is -2.17. The Balaban J connectivity index is 1.60. The van der Waals surface area contributed by atoms with Gasteiger partial charge in [-0.3, -0.25) is 0 Å². The molecule has 2 nitrogen and oxygen atoms in total. The number of nitrogens with one attached hydrogen (secondary N) is 1. The van der Waals surface area contributed by atoms with Gasteiger partial charge in [-0.25, -0.2) is 4.98 Å². The third kappa shape index (κ3) is 2.51. The minimum Gasteiger partial charge on any atom is -0.304 e. The van der Waals surface area contributed by atoms with Crippen molar-refractivity contribution >= 4 is 22.7 Å². The number of hydrogen-bond acceptors (Lipinski definition) is 4. The second-order valence-corrected chi connectivity index (χ2v) is 7.19. The molecule has 4 heteroatoms. The Kier molecular flexibility index (Phi) is 3.50. The van der Waals surface area contributed by atoms with Crippen LogP contribution in [-0.2, 0) is 19.4 Å². The molecule has 0 spiro atoms. The van der Waals surface area contributed by atoms with Gasteiger partial charge in [-0.15, -0.1) is 22.7 Å². The minimum absolute atomic E-state index is 0.340. The summed E-state index contributed by atoms with van der Waals surface area (Å²) in [6.45, 7) is 5.22. The maximum atomic E-state index is 4.53. The molecule has 1 N–H and O–H groups in total. The largest absolute Gasteiger partial charge is 0.304 e. The Morgan fingerprint density at radius 2 is 2.33 bits per heavy atom. The molecule has 96 valence electrons. The van der Waals surface area contributed by atoms with Crippen LogP contribution in [0.4, 0.5) is 0 Å². The van der Waals surface area contributed by atoms with Crippen LogP contribution in [0.15, 0.2) is 11.4 Å². The summed E-state index contributed by atoms with van der Waals surface area (Å²) in [5, 5.41) is 6.87. The molecular formula is C14H18N2S2. The first kappa shape index (κ1) is 12.3. The van der Waals surface area contributed by atoms with Crippen LogP contribution in [0.1, 0.15) is 45.4 Å². The maximum Gasteiger partial charge on any atom is 0.0898 e. The van der Waals surface area contributed by atoms with Crippen molar-refractivity contribution in [2.24, 2.45) is 0 Å². The highest BCUT2D eigenvalue weighted by Crippen LogP contribution is 2.30. The zero-order valence-corrected chi connectivity index (χ0v) is 12.5. The monoisotopic (exact) mass is 278 g/mol. The molecule has 0 aliphatic heterocycles. The van der Waals surface area contributed by atoms with E-state index in [4.69, 9.17) is 0 Å². The number of thiazole rings is 1. The van der Waals surface area contributed by atoms with E-state index in [9.17, 15) is 0 Å². The van der Waals surface area contributed by atoms with Gasteiger partial charge in [0.15, 0.2) is 0 Å². The Morgan fingerprint density at radius 3 is 3.06 bits per heavy atom. The SMILES string of the molecule is Cc1nc(C(C)NCc2cc3c(s2)CCC3)cs1. The van der Waals surface area contributed by atoms with Gasteiger partial charge in [-0.2, -0.15) is 0 Å². The second kappa shape index (κ2) is 5.11. The highest BCUT2D eigenvalue weighted by Gasteiger charge is 2.15. The number of rotatable bonds is 4. The van der Waals surface area contributed by atoms with E-state index in [1.54, 1.807) is 21.8 Å². The highest BCUT2D eigenvalue weighted by molar-refractivity contribution is 7.12. The Bertz CT molecular complexity index is 520. The fraction of sp³-hybridized carbons (Fsp3) is 0.500. The average Bonchev–Trinajstić information content (AvgIpc) is 3.00. The Morgan fingerprint density at radius 1 is 1.44 bits per heavy atom. The molecule has 0 fully saturated rings. The molecule has 0 amide bonds. The van der Waals surface area contributed by atoms with Gasteiger partial charge in [0, 0.05) is 27.7 Å². The highest BCUT2D eigenvalue weighted by atomic mass is 32.1. The molecule has 1 aliphatic rings. The van der Waals surface area contributed by atoms with Gasteiger partial charge in [-0.05, 0) is 44.7 Å². The molecule has 2 aromatic rings. The van der Waals surface area contributed by atoms with Gasteiger partial charge < -0.3 is 5.32 Å². The van der Waals surface area contributed by atoms with E-state index in [2.05, 4.69) is 35.6 Å². The molecule has 0 radical (unpaired) electrons. The first-order valence-electron chi connectivity index (χ1n) is 6.48. The lowest BCUT2D eigenvalue weighted by molar-refractivity contribution is 0.567. The van der Waals surface area contributed by atoms with Crippen LogP contribution in [0.25, 0.3) is 0 Å². The van der Waals surface area contributed by atoms with Crippen LogP contribution in [0.5, 0.6) is 0 Å². The number of hydrogen-bond donors (Lipinski definition) is 1. The van der Waals surface area contributed by atoms with Crippen molar-refractivity contribution in [1.29, 1.82) is 0 Å². The van der Waals surface area contributed by atoms with Gasteiger partial charge in [0.2, 0.25) is 0 Å². The normalized spacial score (nSPS) is 15.9. The maximum absolute atomic E-state index is 4.53. The van der Waals surface area contributed by atoms with Gasteiger partial charge in [0.05, 0.1) is 10.7 Å². The quantitative estimate of drug-likeness (QED) is 0.919. The zero-order valence-electron chi connectivity index (χ0n) is 10.8. The minimum atomic E-state index is 0.340. The van der Waals surface area contributed by atoms with Gasteiger partial charge in [-0.1, -0.05) is 0 Å². The summed E-state index contributed by atoms with van der Waals surface area (Å²) < 4.78 is 0. The van der Waals surface area contributed by atoms with E-state index in [1.807, 2.05) is 11.3 Å². The molecule has 0 bridgehead atoms. The molecule has 1 atom stereocenters. The van der Waals surface area contributed by atoms with Crippen molar-refractivity contribution < 1.29 is 0 Å². The smallest absolute Gasteiger partial charge is 0.0898 e. The summed E-state index contributed by atoms with van der Waals surface area (Å²) in [6.07, 6.45) is 3.93. The number of aromatic nitrogens is 1. The third-order valence-electron chi connectivity index (χ3n) is 3.46. The number of nitrogens with zero attached hydrogens (tertiary/aromatic N) is 1. The first-order valence-corrected chi connectivity index (χ1v) is 8.18. The molecule has 0 saturated carbocycles. The van der Waals surface area contributed by atoms with Crippen LogP contribution in [0.3, 0.4) is 0 Å². The standard InChI is InChI=1S/C14H18N2S2/c1-9(13-8-17-10(2)16-13)15-7-12-6-11-4-3-5-14(11)18-12/h6,8-9,15H,3-5,7H2,1-2H3. The fourth-order valence-electron chi connectivity index (χ4n) is 2.42. The summed E-state index contributed by atoms with van der Waals surface area (Å²) in [5.41, 5.74) is 2.76. The molecule has 0 aromatic carbocycles. The van der Waals surface area contributed by atoms with E-state index in [0.29, 0.717) is 6.04 Å². The van der Waals surface area contributed by atoms with Crippen molar-refractivity contribution in [3.63, 3.8) is 0 Å². The molecule has 2 heterocycles. The molecule has 18 heavy (non-hydrogen) atoms. The number of fused-ring (bicyclic) bond motifs is 1. The van der Waals surface area contributed by atoms with E-state index >= 15 is 0 Å². The summed E-state index contributed by atoms with van der Waals surface area (Å²) in [6, 6.07) is 2.73. The first-order chi connectivity index (χ1) is 8.72. The Labute approximate surface area is 116 Å². The predicted octanol–water partition coefficient (Wildman–Crippen LogP) is 3.85. The second-order valence-electron chi connectivity index (χ2n) is 4.91. The zero-order chi connectivity index (χ0) is 12.5. The van der Waals surface area contributed by atoms with Crippen molar-refractivity contribution in [3.05, 3.63) is 37.5 Å². The fourth-order valence-corrected chi connectivity index (χ4v) is 4.33. The van der Waals surface area contributed by atoms with Crippen molar-refractivity contribution in [2.75, 3.05) is 0 Å². The van der Waals surface area contributed by atoms with E-state index < -0.39 is 0 Å². The predicted molar refractivity (Wildman–Crippen MR) is 78.4 cm³/mol. The number of thiophene rings is 1. The van der Waals surface area contributed by atoms with Crippen molar-refractivity contribution in [3.8, 4) is 0 Å². The van der Waals surface area contributed by atoms with Crippen molar-refractivity contribution in [1.82, 2.24) is 10.3 Å². The van der Waals surface area contributed by atoms with E-state index in [0.717, 1.165) is 11.6 Å². The summed E-state index contributed by atoms with van der Waals surface area (Å²) in [7, 11) is 0.